The number of amides is 2. The number of nitrogens with zero attached hydrogens (tertiary/aromatic N) is 5. The highest BCUT2D eigenvalue weighted by molar-refractivity contribution is 8.01. The fourth-order valence-corrected chi connectivity index (χ4v) is 7.49. The van der Waals surface area contributed by atoms with Crippen LogP contribution < -0.4 is 11.1 Å². The van der Waals surface area contributed by atoms with E-state index >= 15 is 0 Å². The third-order valence-electron chi connectivity index (χ3n) is 5.72. The second-order valence-corrected chi connectivity index (χ2v) is 12.2. The van der Waals surface area contributed by atoms with Gasteiger partial charge < -0.3 is 21.0 Å². The third-order valence-corrected chi connectivity index (χ3v) is 9.68. The molecule has 5 rings (SSSR count). The highest BCUT2D eigenvalue weighted by Crippen LogP contribution is 2.41. The molecule has 0 aromatic carbocycles. The number of nitrogens with one attached hydrogen (secondary N) is 1. The van der Waals surface area contributed by atoms with E-state index < -0.39 is 29.2 Å². The van der Waals surface area contributed by atoms with Crippen molar-refractivity contribution in [2.75, 3.05) is 17.2 Å². The summed E-state index contributed by atoms with van der Waals surface area (Å²) < 4.78 is 0.713. The summed E-state index contributed by atoms with van der Waals surface area (Å²) >= 11 is 5.27. The van der Waals surface area contributed by atoms with Gasteiger partial charge in [0.15, 0.2) is 15.2 Å². The number of rotatable bonds is 9. The van der Waals surface area contributed by atoms with Gasteiger partial charge in [-0.2, -0.15) is 0 Å². The summed E-state index contributed by atoms with van der Waals surface area (Å²) in [4.78, 5) is 49.3. The molecule has 3 aliphatic rings. The minimum atomic E-state index is -1.19. The number of aromatic nitrogens is 3. The van der Waals surface area contributed by atoms with Crippen LogP contribution in [-0.2, 0) is 19.2 Å². The van der Waals surface area contributed by atoms with Crippen LogP contribution in [0.25, 0.3) is 0 Å². The second kappa shape index (κ2) is 11.2. The molecule has 16 heteroatoms. The Morgan fingerprint density at radius 3 is 2.92 bits per heavy atom. The first-order valence-electron chi connectivity index (χ1n) is 11.1. The quantitative estimate of drug-likeness (QED) is 0.130. The maximum atomic E-state index is 13.2. The van der Waals surface area contributed by atoms with E-state index in [9.17, 15) is 19.5 Å². The number of carboxylic acids is 1. The summed E-state index contributed by atoms with van der Waals surface area (Å²) in [5.41, 5.74) is 8.05. The van der Waals surface area contributed by atoms with E-state index in [1.165, 1.54) is 39.8 Å². The number of carbonyl (C=O) groups is 3. The number of anilines is 1. The number of thioether (sulfide) groups is 2. The Bertz CT molecular complexity index is 1290. The molecule has 1 aliphatic carbocycles. The van der Waals surface area contributed by atoms with Crippen LogP contribution >= 0.6 is 46.2 Å². The molecule has 2 aromatic rings. The molecule has 2 unspecified atom stereocenters. The lowest BCUT2D eigenvalue weighted by atomic mass is 10.0. The Labute approximate surface area is 227 Å². The minimum Gasteiger partial charge on any atom is -0.477 e. The predicted octanol–water partition coefficient (Wildman–Crippen LogP) is 1.94. The Morgan fingerprint density at radius 2 is 2.24 bits per heavy atom. The highest BCUT2D eigenvalue weighted by Gasteiger charge is 2.54. The van der Waals surface area contributed by atoms with Crippen molar-refractivity contribution in [3.05, 3.63) is 40.0 Å². The third kappa shape index (κ3) is 5.51. The second-order valence-electron chi connectivity index (χ2n) is 8.13. The first kappa shape index (κ1) is 25.7. The van der Waals surface area contributed by atoms with E-state index in [4.69, 9.17) is 10.6 Å². The standard InChI is InChI=1S/C21H21N7O5S4/c22-20-24-12(8-35-20)13(27-33-11-4-2-1-3-5-11)16(29)25-14-17(30)28-15(19(31)32)10(6-34-18(14)28)7-36-21-26-23-9-37-21/h2,4,8-9,11,14,18H,1,3,5-7H2,(H2,22,24)(H,25,29)(H,31,32)/b27-13-/t11?,14?,18-/m1/s1. The molecule has 0 bridgehead atoms. The van der Waals surface area contributed by atoms with Crippen LogP contribution in [0.15, 0.2) is 43.8 Å². The van der Waals surface area contributed by atoms with Crippen molar-refractivity contribution in [2.45, 2.75) is 41.1 Å². The Kier molecular flexibility index (Phi) is 7.78. The number of allylic oxidation sites excluding steroid dienone is 1. The van der Waals surface area contributed by atoms with Gasteiger partial charge in [0.1, 0.15) is 34.4 Å². The first-order chi connectivity index (χ1) is 17.9. The molecule has 2 amide bonds. The molecular weight excluding hydrogens is 559 g/mol. The number of thiazole rings is 1. The molecule has 37 heavy (non-hydrogen) atoms. The first-order valence-corrected chi connectivity index (χ1v) is 14.9. The maximum absolute atomic E-state index is 13.2. The molecule has 194 valence electrons. The van der Waals surface area contributed by atoms with Crippen LogP contribution in [0.2, 0.25) is 0 Å². The van der Waals surface area contributed by atoms with Crippen LogP contribution in [0.1, 0.15) is 25.0 Å². The summed E-state index contributed by atoms with van der Waals surface area (Å²) in [6, 6.07) is -0.917. The van der Waals surface area contributed by atoms with Gasteiger partial charge in [-0.25, -0.2) is 9.78 Å². The Hall–Kier alpha value is -2.95. The summed E-state index contributed by atoms with van der Waals surface area (Å²) in [5, 5.41) is 25.7. The molecule has 2 aromatic heterocycles. The number of fused-ring (bicyclic) bond motifs is 1. The fraction of sp³-hybridized carbons (Fsp3) is 0.381. The van der Waals surface area contributed by atoms with Crippen molar-refractivity contribution in [1.82, 2.24) is 25.4 Å². The van der Waals surface area contributed by atoms with Crippen molar-refractivity contribution in [1.29, 1.82) is 0 Å². The summed E-state index contributed by atoms with van der Waals surface area (Å²) in [5.74, 6) is -1.58. The van der Waals surface area contributed by atoms with Gasteiger partial charge in [-0.1, -0.05) is 34.3 Å². The normalized spacial score (nSPS) is 23.5. The Morgan fingerprint density at radius 1 is 1.38 bits per heavy atom. The number of nitrogens with two attached hydrogens (primary N) is 1. The van der Waals surface area contributed by atoms with E-state index in [0.29, 0.717) is 21.4 Å². The van der Waals surface area contributed by atoms with Gasteiger partial charge in [-0.05, 0) is 30.9 Å². The number of carboxylic acid groups (broad SMARTS) is 1. The highest BCUT2D eigenvalue weighted by atomic mass is 32.2. The van der Waals surface area contributed by atoms with Crippen molar-refractivity contribution in [3.63, 3.8) is 0 Å². The molecule has 4 heterocycles. The summed E-state index contributed by atoms with van der Waals surface area (Å²) in [6.07, 6.45) is 6.32. The SMILES string of the molecule is Nc1nc(/C(=N/OC2C=CCCC2)C(=O)NC2C(=O)N3C(C(=O)O)=C(CSc4nncs4)CS[C@H]23)cs1. The smallest absolute Gasteiger partial charge is 0.352 e. The number of β-lactam (4-membered cyclic amide) rings is 1. The minimum absolute atomic E-state index is 0.0511. The van der Waals surface area contributed by atoms with Crippen LogP contribution in [0.4, 0.5) is 5.13 Å². The van der Waals surface area contributed by atoms with Crippen molar-refractivity contribution < 1.29 is 24.3 Å². The van der Waals surface area contributed by atoms with Crippen LogP contribution in [0, 0.1) is 0 Å². The van der Waals surface area contributed by atoms with Crippen molar-refractivity contribution in [2.24, 2.45) is 5.16 Å². The lowest BCUT2D eigenvalue weighted by Crippen LogP contribution is -2.71. The summed E-state index contributed by atoms with van der Waals surface area (Å²) in [6.45, 7) is 0. The zero-order valence-electron chi connectivity index (χ0n) is 19.1. The van der Waals surface area contributed by atoms with Crippen LogP contribution in [-0.4, -0.2) is 77.7 Å². The lowest BCUT2D eigenvalue weighted by Gasteiger charge is -2.49. The molecular formula is C21H21N7O5S4. The van der Waals surface area contributed by atoms with Gasteiger partial charge in [0.25, 0.3) is 11.8 Å². The maximum Gasteiger partial charge on any atom is 0.352 e. The molecule has 2 aliphatic heterocycles. The van der Waals surface area contributed by atoms with E-state index in [-0.39, 0.29) is 28.3 Å². The lowest BCUT2D eigenvalue weighted by molar-refractivity contribution is -0.150. The van der Waals surface area contributed by atoms with Gasteiger partial charge in [0.2, 0.25) is 0 Å². The zero-order chi connectivity index (χ0) is 25.9. The van der Waals surface area contributed by atoms with Gasteiger partial charge in [0.05, 0.1) is 0 Å². The van der Waals surface area contributed by atoms with Gasteiger partial charge in [-0.15, -0.1) is 33.3 Å². The fourth-order valence-electron chi connectivity index (χ4n) is 3.97. The van der Waals surface area contributed by atoms with Gasteiger partial charge in [0, 0.05) is 16.9 Å². The van der Waals surface area contributed by atoms with E-state index in [2.05, 4.69) is 25.7 Å². The number of carbonyl (C=O) groups excluding carboxylic acids is 2. The van der Waals surface area contributed by atoms with Crippen molar-refractivity contribution in [3.8, 4) is 0 Å². The molecule has 3 atom stereocenters. The van der Waals surface area contributed by atoms with Crippen molar-refractivity contribution >= 4 is 74.8 Å². The number of aliphatic carboxylic acids is 1. The largest absolute Gasteiger partial charge is 0.477 e. The number of nitrogen functional groups attached to an aromatic ring is 1. The van der Waals surface area contributed by atoms with Gasteiger partial charge >= 0.3 is 5.97 Å². The molecule has 1 fully saturated rings. The zero-order valence-corrected chi connectivity index (χ0v) is 22.4. The monoisotopic (exact) mass is 579 g/mol. The molecule has 0 saturated carbocycles. The molecule has 0 radical (unpaired) electrons. The van der Waals surface area contributed by atoms with E-state index in [0.717, 1.165) is 30.6 Å². The average Bonchev–Trinajstić information content (AvgIpc) is 3.58. The molecule has 1 saturated heterocycles. The van der Waals surface area contributed by atoms with Crippen LogP contribution in [0.3, 0.4) is 0 Å². The van der Waals surface area contributed by atoms with E-state index in [1.807, 2.05) is 12.2 Å². The van der Waals surface area contributed by atoms with Gasteiger partial charge in [-0.3, -0.25) is 14.5 Å². The molecule has 12 nitrogen and oxygen atoms in total. The van der Waals surface area contributed by atoms with Crippen LogP contribution in [0.5, 0.6) is 0 Å². The number of oxime groups is 1. The molecule has 0 spiro atoms. The number of hydrogen-bond acceptors (Lipinski definition) is 13. The average molecular weight is 580 g/mol. The number of hydrogen-bond donors (Lipinski definition) is 3. The summed E-state index contributed by atoms with van der Waals surface area (Å²) in [7, 11) is 0. The predicted molar refractivity (Wildman–Crippen MR) is 141 cm³/mol. The van der Waals surface area contributed by atoms with E-state index in [1.54, 1.807) is 10.9 Å². The topological polar surface area (TPSA) is 173 Å². The Balaban J connectivity index is 1.31. The molecule has 4 N–H and O–H groups in total.